The van der Waals surface area contributed by atoms with Gasteiger partial charge in [-0.3, -0.25) is 14.8 Å². The molecule has 5 aromatic rings. The van der Waals surface area contributed by atoms with Gasteiger partial charge in [-0.25, -0.2) is 14.4 Å². The summed E-state index contributed by atoms with van der Waals surface area (Å²) in [6.07, 6.45) is 8.28. The van der Waals surface area contributed by atoms with Gasteiger partial charge in [-0.05, 0) is 62.4 Å². The topological polar surface area (TPSA) is 85.6 Å². The highest BCUT2D eigenvalue weighted by Crippen LogP contribution is 2.37. The van der Waals surface area contributed by atoms with Crippen molar-refractivity contribution in [3.05, 3.63) is 81.8 Å². The molecule has 1 N–H and O–H groups in total. The first kappa shape index (κ1) is 24.6. The summed E-state index contributed by atoms with van der Waals surface area (Å²) in [5.41, 5.74) is 4.53. The number of halogens is 2. The Bertz CT molecular complexity index is 1650. The van der Waals surface area contributed by atoms with Gasteiger partial charge in [-0.1, -0.05) is 41.1 Å². The lowest BCUT2D eigenvalue weighted by Crippen LogP contribution is -2.39. The Morgan fingerprint density at radius 1 is 1.13 bits per heavy atom. The number of aryl methyl sites for hydroxylation is 1. The molecule has 4 heterocycles. The number of amides is 1. The molecule has 192 valence electrons. The molecule has 0 saturated heterocycles. The van der Waals surface area contributed by atoms with Crippen LogP contribution in [-0.4, -0.2) is 36.5 Å². The number of hydrogen-bond donors (Lipinski definition) is 1. The number of hydrogen-bond acceptors (Lipinski definition) is 6. The van der Waals surface area contributed by atoms with Crippen molar-refractivity contribution in [3.63, 3.8) is 0 Å². The Balaban J connectivity index is 1.42. The second-order valence-corrected chi connectivity index (χ2v) is 11.1. The lowest BCUT2D eigenvalue weighted by Gasteiger charge is -2.32. The van der Waals surface area contributed by atoms with E-state index in [4.69, 9.17) is 16.6 Å². The Hall–Kier alpha value is -3.69. The van der Waals surface area contributed by atoms with Crippen LogP contribution in [0.4, 0.5) is 4.39 Å². The average Bonchev–Trinajstić information content (AvgIpc) is 3.53. The lowest BCUT2D eigenvalue weighted by molar-refractivity contribution is 0.0920. The molecule has 0 radical (unpaired) electrons. The average molecular weight is 547 g/mol. The minimum Gasteiger partial charge on any atom is -0.347 e. The van der Waals surface area contributed by atoms with Crippen molar-refractivity contribution in [2.24, 2.45) is 0 Å². The molecule has 0 bridgehead atoms. The Morgan fingerprint density at radius 2 is 2.00 bits per heavy atom. The molecule has 1 amide bonds. The number of fused-ring (bicyclic) bond motifs is 1. The Labute approximate surface area is 227 Å². The van der Waals surface area contributed by atoms with Gasteiger partial charge in [-0.2, -0.15) is 0 Å². The molecule has 0 aliphatic heterocycles. The summed E-state index contributed by atoms with van der Waals surface area (Å²) < 4.78 is 17.6. The molecular formula is C28H24ClFN6OS. The lowest BCUT2D eigenvalue weighted by atomic mass is 9.90. The normalized spacial score (nSPS) is 17.6. The number of pyridine rings is 2. The van der Waals surface area contributed by atoms with E-state index in [0.29, 0.717) is 32.7 Å². The van der Waals surface area contributed by atoms with E-state index in [2.05, 4.69) is 24.8 Å². The summed E-state index contributed by atoms with van der Waals surface area (Å²) in [7, 11) is 0. The van der Waals surface area contributed by atoms with Crippen LogP contribution < -0.4 is 5.32 Å². The third-order valence-corrected chi connectivity index (χ3v) is 8.07. The van der Waals surface area contributed by atoms with Crippen molar-refractivity contribution in [1.29, 1.82) is 0 Å². The summed E-state index contributed by atoms with van der Waals surface area (Å²) in [6, 6.07) is 12.5. The van der Waals surface area contributed by atoms with Gasteiger partial charge >= 0.3 is 0 Å². The maximum absolute atomic E-state index is 15.0. The summed E-state index contributed by atoms with van der Waals surface area (Å²) >= 11 is 7.13. The minimum absolute atomic E-state index is 0.00591. The molecule has 1 aromatic carbocycles. The summed E-state index contributed by atoms with van der Waals surface area (Å²) in [5.74, 6) is -0.00734. The van der Waals surface area contributed by atoms with E-state index in [1.807, 2.05) is 31.2 Å². The van der Waals surface area contributed by atoms with Gasteiger partial charge in [0.2, 0.25) is 0 Å². The number of carbonyl (C=O) groups excluding carboxylic acids is 1. The highest BCUT2D eigenvalue weighted by molar-refractivity contribution is 7.17. The maximum Gasteiger partial charge on any atom is 0.280 e. The molecule has 4 aromatic heterocycles. The van der Waals surface area contributed by atoms with Crippen molar-refractivity contribution in [1.82, 2.24) is 29.8 Å². The van der Waals surface area contributed by atoms with Crippen LogP contribution in [0, 0.1) is 12.7 Å². The van der Waals surface area contributed by atoms with Crippen LogP contribution in [0.2, 0.25) is 4.34 Å². The predicted octanol–water partition coefficient (Wildman–Crippen LogP) is 6.63. The number of aromatic nitrogens is 5. The third-order valence-electron chi connectivity index (χ3n) is 6.96. The zero-order chi connectivity index (χ0) is 26.2. The molecule has 1 fully saturated rings. The highest BCUT2D eigenvalue weighted by Gasteiger charge is 2.29. The van der Waals surface area contributed by atoms with Gasteiger partial charge in [0, 0.05) is 18.3 Å². The zero-order valence-corrected chi connectivity index (χ0v) is 22.1. The highest BCUT2D eigenvalue weighted by atomic mass is 35.5. The molecule has 7 nitrogen and oxygen atoms in total. The van der Waals surface area contributed by atoms with E-state index >= 15 is 4.39 Å². The molecular weight excluding hydrogens is 523 g/mol. The number of imidazole rings is 1. The second kappa shape index (κ2) is 10.2. The van der Waals surface area contributed by atoms with E-state index in [1.165, 1.54) is 12.3 Å². The fraction of sp³-hybridized carbons (Fsp3) is 0.250. The quantitative estimate of drug-likeness (QED) is 0.267. The number of nitrogens with zero attached hydrogens (tertiary/aromatic N) is 5. The van der Waals surface area contributed by atoms with Gasteiger partial charge in [0.25, 0.3) is 5.91 Å². The van der Waals surface area contributed by atoms with E-state index in [0.717, 1.165) is 53.1 Å². The van der Waals surface area contributed by atoms with E-state index in [1.54, 1.807) is 24.5 Å². The number of rotatable bonds is 5. The number of carbonyl (C=O) groups is 1. The van der Waals surface area contributed by atoms with Crippen LogP contribution in [-0.2, 0) is 0 Å². The first-order valence-electron chi connectivity index (χ1n) is 12.4. The van der Waals surface area contributed by atoms with Crippen LogP contribution in [0.25, 0.3) is 33.8 Å². The third kappa shape index (κ3) is 4.68. The van der Waals surface area contributed by atoms with Crippen molar-refractivity contribution in [2.45, 2.75) is 44.7 Å². The standard InChI is InChI=1S/C28H24ClFN6OS/c1-16-6-5-11-31-25(16)21-13-23-22(14-32-21)35-26(19-9-2-3-10-20(19)30)36(23)18-8-4-7-17(12-18)34-27(37)28-33-15-24(29)38-28/h2-3,5-6,9-11,13-15,17-18H,4,7-8,12H2,1H3,(H,34,37)/t17-,18+/m0/s1. The van der Waals surface area contributed by atoms with Gasteiger partial charge in [0.1, 0.15) is 21.5 Å². The van der Waals surface area contributed by atoms with E-state index in [9.17, 15) is 4.79 Å². The molecule has 1 aliphatic carbocycles. The smallest absolute Gasteiger partial charge is 0.280 e. The first-order chi connectivity index (χ1) is 18.5. The van der Waals surface area contributed by atoms with Crippen molar-refractivity contribution in [3.8, 4) is 22.8 Å². The van der Waals surface area contributed by atoms with Crippen molar-refractivity contribution >= 4 is 39.9 Å². The maximum atomic E-state index is 15.0. The van der Waals surface area contributed by atoms with Gasteiger partial charge in [-0.15, -0.1) is 0 Å². The molecule has 0 unspecified atom stereocenters. The van der Waals surface area contributed by atoms with Gasteiger partial charge in [0.15, 0.2) is 5.01 Å². The number of thiazole rings is 1. The van der Waals surface area contributed by atoms with E-state index in [-0.39, 0.29) is 23.8 Å². The van der Waals surface area contributed by atoms with Crippen LogP contribution in [0.15, 0.2) is 61.1 Å². The molecule has 6 rings (SSSR count). The monoisotopic (exact) mass is 546 g/mol. The molecule has 1 aliphatic rings. The molecule has 0 spiro atoms. The van der Waals surface area contributed by atoms with Crippen molar-refractivity contribution in [2.75, 3.05) is 0 Å². The van der Waals surface area contributed by atoms with Gasteiger partial charge in [0.05, 0.1) is 34.9 Å². The van der Waals surface area contributed by atoms with Gasteiger partial charge < -0.3 is 9.88 Å². The SMILES string of the molecule is Cc1cccnc1-c1cc2c(cn1)nc(-c1ccccc1F)n2[C@@H]1CCC[C@H](NC(=O)c2ncc(Cl)s2)C1. The second-order valence-electron chi connectivity index (χ2n) is 9.47. The largest absolute Gasteiger partial charge is 0.347 e. The fourth-order valence-corrected chi connectivity index (χ4v) is 6.04. The molecule has 10 heteroatoms. The minimum atomic E-state index is -0.334. The number of nitrogens with one attached hydrogen (secondary N) is 1. The molecule has 1 saturated carbocycles. The Kier molecular flexibility index (Phi) is 6.63. The predicted molar refractivity (Wildman–Crippen MR) is 147 cm³/mol. The summed E-state index contributed by atoms with van der Waals surface area (Å²) in [5, 5.41) is 3.47. The summed E-state index contributed by atoms with van der Waals surface area (Å²) in [6.45, 7) is 2.00. The molecule has 38 heavy (non-hydrogen) atoms. The Morgan fingerprint density at radius 3 is 2.79 bits per heavy atom. The first-order valence-corrected chi connectivity index (χ1v) is 13.6. The van der Waals surface area contributed by atoms with Crippen LogP contribution in [0.5, 0.6) is 0 Å². The molecule has 2 atom stereocenters. The van der Waals surface area contributed by atoms with Crippen molar-refractivity contribution < 1.29 is 9.18 Å². The zero-order valence-electron chi connectivity index (χ0n) is 20.6. The van der Waals surface area contributed by atoms with Crippen LogP contribution >= 0.6 is 22.9 Å². The van der Waals surface area contributed by atoms with Crippen LogP contribution in [0.1, 0.15) is 47.1 Å². The fourth-order valence-electron chi connectivity index (χ4n) is 5.22. The van der Waals surface area contributed by atoms with Crippen LogP contribution in [0.3, 0.4) is 0 Å². The number of benzene rings is 1. The summed E-state index contributed by atoms with van der Waals surface area (Å²) in [4.78, 5) is 30.9. The van der Waals surface area contributed by atoms with E-state index < -0.39 is 0 Å².